The number of nitrogens with zero attached hydrogens (tertiary/aromatic N) is 2. The van der Waals surface area contributed by atoms with E-state index in [0.717, 1.165) is 11.4 Å². The third kappa shape index (κ3) is 3.77. The molecule has 1 aliphatic rings. The van der Waals surface area contributed by atoms with E-state index in [4.69, 9.17) is 11.6 Å². The Kier molecular flexibility index (Phi) is 4.26. The molecule has 0 spiro atoms. The minimum absolute atomic E-state index is 0.113. The maximum Gasteiger partial charge on any atom is 0.321 e. The van der Waals surface area contributed by atoms with Crippen LogP contribution in [0.2, 0.25) is 0 Å². The number of sulfone groups is 1. The highest BCUT2D eigenvalue weighted by Crippen LogP contribution is 2.19. The van der Waals surface area contributed by atoms with Gasteiger partial charge in [-0.1, -0.05) is 18.3 Å². The molecule has 1 aromatic rings. The van der Waals surface area contributed by atoms with Gasteiger partial charge in [-0.2, -0.15) is 0 Å². The van der Waals surface area contributed by atoms with Gasteiger partial charge in [0.15, 0.2) is 9.84 Å². The standard InChI is InChI=1S/C9H13ClN4O3S2/c1-2-7-13-14-9(18-7)12-8(15)11-6-4-19(16,17)3-5(6)10/h5-6H,2-4H2,1H3,(H2,11,12,14,15)/t5-,6-/m0/s1. The summed E-state index contributed by atoms with van der Waals surface area (Å²) in [5, 5.41) is 13.3. The van der Waals surface area contributed by atoms with Crippen LogP contribution in [0, 0.1) is 0 Å². The summed E-state index contributed by atoms with van der Waals surface area (Å²) in [6.07, 6.45) is 0.742. The highest BCUT2D eigenvalue weighted by molar-refractivity contribution is 7.91. The Morgan fingerprint density at radius 1 is 1.47 bits per heavy atom. The van der Waals surface area contributed by atoms with Crippen molar-refractivity contribution in [2.45, 2.75) is 24.8 Å². The molecular weight excluding hydrogens is 312 g/mol. The van der Waals surface area contributed by atoms with E-state index in [-0.39, 0.29) is 11.5 Å². The van der Waals surface area contributed by atoms with Crippen LogP contribution < -0.4 is 10.6 Å². The van der Waals surface area contributed by atoms with Gasteiger partial charge in [-0.15, -0.1) is 21.8 Å². The number of amides is 2. The average Bonchev–Trinajstić information content (AvgIpc) is 2.83. The lowest BCUT2D eigenvalue weighted by Crippen LogP contribution is -2.42. The van der Waals surface area contributed by atoms with Gasteiger partial charge in [0, 0.05) is 0 Å². The number of halogens is 1. The number of urea groups is 1. The van der Waals surface area contributed by atoms with Crippen LogP contribution in [-0.2, 0) is 16.3 Å². The van der Waals surface area contributed by atoms with E-state index in [2.05, 4.69) is 20.8 Å². The second kappa shape index (κ2) is 5.59. The summed E-state index contributed by atoms with van der Waals surface area (Å²) in [6.45, 7) is 1.94. The summed E-state index contributed by atoms with van der Waals surface area (Å²) in [5.74, 6) is -0.247. The van der Waals surface area contributed by atoms with Gasteiger partial charge in [0.1, 0.15) is 5.01 Å². The topological polar surface area (TPSA) is 101 Å². The monoisotopic (exact) mass is 324 g/mol. The Morgan fingerprint density at radius 3 is 2.74 bits per heavy atom. The molecule has 0 radical (unpaired) electrons. The first-order valence-corrected chi connectivity index (χ1v) is 8.71. The molecule has 2 heterocycles. The van der Waals surface area contributed by atoms with E-state index < -0.39 is 27.3 Å². The molecule has 0 unspecified atom stereocenters. The van der Waals surface area contributed by atoms with Crippen molar-refractivity contribution in [3.05, 3.63) is 5.01 Å². The Bertz CT molecular complexity index is 574. The van der Waals surface area contributed by atoms with Crippen LogP contribution in [0.3, 0.4) is 0 Å². The molecule has 1 aliphatic heterocycles. The third-order valence-electron chi connectivity index (χ3n) is 2.59. The molecule has 2 N–H and O–H groups in total. The van der Waals surface area contributed by atoms with Crippen LogP contribution in [-0.4, -0.2) is 47.6 Å². The van der Waals surface area contributed by atoms with Crippen molar-refractivity contribution in [2.75, 3.05) is 16.8 Å². The highest BCUT2D eigenvalue weighted by atomic mass is 35.5. The van der Waals surface area contributed by atoms with Crippen molar-refractivity contribution in [1.82, 2.24) is 15.5 Å². The van der Waals surface area contributed by atoms with Crippen LogP contribution in [0.15, 0.2) is 0 Å². The fourth-order valence-corrected chi connectivity index (χ4v) is 4.91. The smallest absolute Gasteiger partial charge is 0.321 e. The lowest BCUT2D eigenvalue weighted by Gasteiger charge is -2.13. The molecule has 1 saturated heterocycles. The number of hydrogen-bond acceptors (Lipinski definition) is 6. The summed E-state index contributed by atoms with van der Waals surface area (Å²) in [5.41, 5.74) is 0. The Labute approximate surface area is 119 Å². The van der Waals surface area contributed by atoms with Crippen molar-refractivity contribution in [3.8, 4) is 0 Å². The van der Waals surface area contributed by atoms with Crippen molar-refractivity contribution in [2.24, 2.45) is 0 Å². The maximum absolute atomic E-state index is 11.7. The number of carbonyl (C=O) groups is 1. The second-order valence-electron chi connectivity index (χ2n) is 4.15. The summed E-state index contributed by atoms with van der Waals surface area (Å²) in [4.78, 5) is 11.7. The zero-order valence-electron chi connectivity index (χ0n) is 10.1. The summed E-state index contributed by atoms with van der Waals surface area (Å²) >= 11 is 7.16. The van der Waals surface area contributed by atoms with Crippen molar-refractivity contribution < 1.29 is 13.2 Å². The van der Waals surface area contributed by atoms with Gasteiger partial charge in [-0.05, 0) is 6.42 Å². The second-order valence-corrected chi connectivity index (χ2v) is 7.93. The molecule has 0 saturated carbocycles. The van der Waals surface area contributed by atoms with E-state index >= 15 is 0 Å². The van der Waals surface area contributed by atoms with E-state index in [9.17, 15) is 13.2 Å². The van der Waals surface area contributed by atoms with Crippen molar-refractivity contribution in [1.29, 1.82) is 0 Å². The summed E-state index contributed by atoms with van der Waals surface area (Å²) < 4.78 is 22.7. The summed E-state index contributed by atoms with van der Waals surface area (Å²) in [7, 11) is -3.16. The Hall–Kier alpha value is -0.930. The minimum Gasteiger partial charge on any atom is -0.333 e. The van der Waals surface area contributed by atoms with Crippen LogP contribution >= 0.6 is 22.9 Å². The normalized spacial score (nSPS) is 25.2. The third-order valence-corrected chi connectivity index (χ3v) is 5.95. The van der Waals surface area contributed by atoms with Crippen LogP contribution in [0.25, 0.3) is 0 Å². The Morgan fingerprint density at radius 2 is 2.21 bits per heavy atom. The molecule has 106 valence electrons. The fraction of sp³-hybridized carbons (Fsp3) is 0.667. The molecule has 0 aliphatic carbocycles. The molecule has 1 aromatic heterocycles. The zero-order chi connectivity index (χ0) is 14.0. The average molecular weight is 325 g/mol. The molecular formula is C9H13ClN4O3S2. The lowest BCUT2D eigenvalue weighted by molar-refractivity contribution is 0.249. The van der Waals surface area contributed by atoms with Crippen molar-refractivity contribution in [3.63, 3.8) is 0 Å². The minimum atomic E-state index is -3.16. The van der Waals surface area contributed by atoms with Gasteiger partial charge in [0.25, 0.3) is 0 Å². The number of rotatable bonds is 3. The predicted molar refractivity (Wildman–Crippen MR) is 73.5 cm³/mol. The number of hydrogen-bond donors (Lipinski definition) is 2. The predicted octanol–water partition coefficient (Wildman–Crippen LogP) is 0.626. The van der Waals surface area contributed by atoms with E-state index in [1.54, 1.807) is 0 Å². The Balaban J connectivity index is 1.91. The van der Waals surface area contributed by atoms with Gasteiger partial charge in [-0.25, -0.2) is 13.2 Å². The molecule has 7 nitrogen and oxygen atoms in total. The zero-order valence-corrected chi connectivity index (χ0v) is 12.5. The van der Waals surface area contributed by atoms with Gasteiger partial charge < -0.3 is 5.32 Å². The summed E-state index contributed by atoms with van der Waals surface area (Å²) in [6, 6.07) is -1.10. The van der Waals surface area contributed by atoms with Crippen molar-refractivity contribution >= 4 is 43.9 Å². The first-order valence-electron chi connectivity index (χ1n) is 5.64. The highest BCUT2D eigenvalue weighted by Gasteiger charge is 2.37. The number of aromatic nitrogens is 2. The van der Waals surface area contributed by atoms with Crippen LogP contribution in [0.1, 0.15) is 11.9 Å². The molecule has 19 heavy (non-hydrogen) atoms. The number of carbonyl (C=O) groups excluding carboxylic acids is 1. The maximum atomic E-state index is 11.7. The molecule has 2 rings (SSSR count). The number of anilines is 1. The van der Waals surface area contributed by atoms with Crippen LogP contribution in [0.5, 0.6) is 0 Å². The largest absolute Gasteiger partial charge is 0.333 e. The van der Waals surface area contributed by atoms with Gasteiger partial charge in [0.05, 0.1) is 22.9 Å². The molecule has 2 amide bonds. The van der Waals surface area contributed by atoms with Gasteiger partial charge in [-0.3, -0.25) is 5.32 Å². The van der Waals surface area contributed by atoms with E-state index in [1.807, 2.05) is 6.92 Å². The molecule has 0 bridgehead atoms. The number of aryl methyl sites for hydroxylation is 1. The molecule has 10 heteroatoms. The number of alkyl halides is 1. The molecule has 1 fully saturated rings. The van der Waals surface area contributed by atoms with Gasteiger partial charge in [0.2, 0.25) is 5.13 Å². The molecule has 0 aromatic carbocycles. The fourth-order valence-electron chi connectivity index (χ4n) is 1.69. The first-order chi connectivity index (χ1) is 8.89. The SMILES string of the molecule is CCc1nnc(NC(=O)N[C@H]2CS(=O)(=O)C[C@@H]2Cl)s1. The number of nitrogens with one attached hydrogen (secondary N) is 2. The first kappa shape index (κ1) is 14.5. The quantitative estimate of drug-likeness (QED) is 0.794. The van der Waals surface area contributed by atoms with E-state index in [0.29, 0.717) is 5.13 Å². The molecule has 2 atom stereocenters. The van der Waals surface area contributed by atoms with Crippen LogP contribution in [0.4, 0.5) is 9.93 Å². The van der Waals surface area contributed by atoms with E-state index in [1.165, 1.54) is 11.3 Å². The van der Waals surface area contributed by atoms with Gasteiger partial charge >= 0.3 is 6.03 Å². The lowest BCUT2D eigenvalue weighted by atomic mass is 10.2.